The quantitative estimate of drug-likeness (QED) is 0.190. The van der Waals surface area contributed by atoms with E-state index in [9.17, 15) is 22.8 Å². The second-order valence-electron chi connectivity index (χ2n) is 14.5. The van der Waals surface area contributed by atoms with Crippen LogP contribution in [0, 0.1) is 5.82 Å². The van der Waals surface area contributed by atoms with Crippen molar-refractivity contribution in [1.29, 1.82) is 0 Å². The van der Waals surface area contributed by atoms with Gasteiger partial charge < -0.3 is 20.1 Å². The van der Waals surface area contributed by atoms with Gasteiger partial charge in [-0.15, -0.1) is 0 Å². The summed E-state index contributed by atoms with van der Waals surface area (Å²) < 4.78 is 43.1. The lowest BCUT2D eigenvalue weighted by molar-refractivity contribution is -0.133. The number of rotatable bonds is 11. The number of amides is 3. The number of sulfonamides is 1. The predicted octanol–water partition coefficient (Wildman–Crippen LogP) is 4.31. The number of H-pyrrole nitrogens is 1. The predicted molar refractivity (Wildman–Crippen MR) is 206 cm³/mol. The number of fused-ring (bicyclic) bond motifs is 1. The van der Waals surface area contributed by atoms with E-state index in [1.165, 1.54) is 15.9 Å². The topological polar surface area (TPSA) is 151 Å². The number of anilines is 3. The molecule has 13 nitrogen and oxygen atoms in total. The van der Waals surface area contributed by atoms with Crippen molar-refractivity contribution in [3.63, 3.8) is 0 Å². The Balaban J connectivity index is 0.813. The van der Waals surface area contributed by atoms with E-state index in [4.69, 9.17) is 11.6 Å². The zero-order valence-electron chi connectivity index (χ0n) is 29.7. The van der Waals surface area contributed by atoms with Crippen LogP contribution < -0.4 is 20.4 Å². The molecule has 0 spiro atoms. The van der Waals surface area contributed by atoms with Crippen LogP contribution in [0.4, 0.5) is 21.5 Å². The number of nitrogens with zero attached hydrogens (tertiary/aromatic N) is 5. The van der Waals surface area contributed by atoms with E-state index >= 15 is 4.39 Å². The molecule has 0 bridgehead atoms. The Labute approximate surface area is 317 Å². The Hall–Kier alpha value is -4.57. The molecule has 3 aliphatic heterocycles. The van der Waals surface area contributed by atoms with E-state index in [1.54, 1.807) is 23.2 Å². The lowest BCUT2D eigenvalue weighted by Crippen LogP contribution is -2.53. The number of imide groups is 1. The van der Waals surface area contributed by atoms with Crippen molar-refractivity contribution < 1.29 is 27.2 Å². The minimum absolute atomic E-state index is 0.0672. The fourth-order valence-corrected chi connectivity index (χ4v) is 9.47. The number of hydrogen-bond donors (Lipinski definition) is 3. The minimum atomic E-state index is -3.66. The number of carbonyl (C=O) groups excluding carboxylic acids is 3. The largest absolute Gasteiger partial charge is 0.374 e. The second-order valence-corrected chi connectivity index (χ2v) is 16.9. The molecule has 3 saturated heterocycles. The van der Waals surface area contributed by atoms with E-state index in [-0.39, 0.29) is 43.6 Å². The first-order valence-electron chi connectivity index (χ1n) is 18.5. The van der Waals surface area contributed by atoms with Gasteiger partial charge in [0.2, 0.25) is 27.7 Å². The van der Waals surface area contributed by atoms with E-state index in [0.717, 1.165) is 35.0 Å². The highest BCUT2D eigenvalue weighted by Crippen LogP contribution is 2.46. The smallest absolute Gasteiger partial charge is 0.249 e. The maximum Gasteiger partial charge on any atom is 0.249 e. The monoisotopic (exact) mass is 776 g/mol. The summed E-state index contributed by atoms with van der Waals surface area (Å²) in [6.07, 6.45) is 7.02. The normalized spacial score (nSPS) is 20.5. The first-order valence-corrected chi connectivity index (χ1v) is 20.4. The van der Waals surface area contributed by atoms with E-state index < -0.39 is 27.8 Å². The van der Waals surface area contributed by atoms with Gasteiger partial charge in [-0.3, -0.25) is 24.6 Å². The molecule has 54 heavy (non-hydrogen) atoms. The molecule has 0 radical (unpaired) electrons. The number of aromatic amines is 1. The summed E-state index contributed by atoms with van der Waals surface area (Å²) in [6.45, 7) is 3.23. The van der Waals surface area contributed by atoms with Crippen molar-refractivity contribution >= 4 is 67.4 Å². The first-order chi connectivity index (χ1) is 26.0. The molecule has 4 fully saturated rings. The SMILES string of the molecule is O=C1CCC(Nc2ccc(N3CCN(CCCS(=O)(=O)N4CCN(c5cccc(-c6cnc7[nH]cc(C8CC8)c7c6Cl)c5)C(=O)C4)CC3)c(F)c2)C(=O)N1. The summed E-state index contributed by atoms with van der Waals surface area (Å²) in [6, 6.07) is 11.7. The summed E-state index contributed by atoms with van der Waals surface area (Å²) in [5, 5.41) is 6.87. The molecule has 5 heterocycles. The number of benzene rings is 2. The van der Waals surface area contributed by atoms with Gasteiger partial charge in [0.25, 0.3) is 0 Å². The van der Waals surface area contributed by atoms with Crippen LogP contribution in [0.1, 0.15) is 43.6 Å². The molecule has 284 valence electrons. The van der Waals surface area contributed by atoms with Crippen LogP contribution in [-0.2, 0) is 24.4 Å². The number of hydrogen-bond acceptors (Lipinski definition) is 9. The molecule has 3 N–H and O–H groups in total. The molecule has 8 rings (SSSR count). The third-order valence-electron chi connectivity index (χ3n) is 10.9. The highest BCUT2D eigenvalue weighted by Gasteiger charge is 2.33. The van der Waals surface area contributed by atoms with Crippen LogP contribution in [0.5, 0.6) is 0 Å². The molecule has 1 aliphatic carbocycles. The maximum absolute atomic E-state index is 15.1. The third kappa shape index (κ3) is 7.54. The minimum Gasteiger partial charge on any atom is -0.374 e. The summed E-state index contributed by atoms with van der Waals surface area (Å²) >= 11 is 6.94. The summed E-state index contributed by atoms with van der Waals surface area (Å²) in [7, 11) is -3.66. The Morgan fingerprint density at radius 1 is 0.981 bits per heavy atom. The zero-order chi connectivity index (χ0) is 37.6. The summed E-state index contributed by atoms with van der Waals surface area (Å²) in [5.74, 6) is -0.982. The summed E-state index contributed by atoms with van der Waals surface area (Å²) in [4.78, 5) is 50.4. The molecule has 1 unspecified atom stereocenters. The third-order valence-corrected chi connectivity index (χ3v) is 13.1. The van der Waals surface area contributed by atoms with Gasteiger partial charge in [-0.1, -0.05) is 23.7 Å². The van der Waals surface area contributed by atoms with Crippen molar-refractivity contribution in [3.8, 4) is 11.1 Å². The van der Waals surface area contributed by atoms with Crippen molar-refractivity contribution in [1.82, 2.24) is 24.5 Å². The van der Waals surface area contributed by atoms with Crippen molar-refractivity contribution in [3.05, 3.63) is 71.3 Å². The van der Waals surface area contributed by atoms with Gasteiger partial charge in [0.05, 0.1) is 23.0 Å². The lowest BCUT2D eigenvalue weighted by atomic mass is 10.0. The van der Waals surface area contributed by atoms with Crippen LogP contribution in [0.2, 0.25) is 5.02 Å². The number of carbonyl (C=O) groups is 3. The summed E-state index contributed by atoms with van der Waals surface area (Å²) in [5.41, 5.74) is 5.18. The molecule has 1 atom stereocenters. The molecule has 4 aromatic rings. The molecule has 1 saturated carbocycles. The van der Waals surface area contributed by atoms with Crippen LogP contribution in [0.3, 0.4) is 0 Å². The number of halogens is 2. The number of piperidine rings is 1. The van der Waals surface area contributed by atoms with Gasteiger partial charge in [0.1, 0.15) is 17.5 Å². The molecule has 3 amide bonds. The molecular weight excluding hydrogens is 735 g/mol. The zero-order valence-corrected chi connectivity index (χ0v) is 31.3. The van der Waals surface area contributed by atoms with Crippen LogP contribution in [-0.4, -0.2) is 109 Å². The van der Waals surface area contributed by atoms with Gasteiger partial charge >= 0.3 is 0 Å². The second kappa shape index (κ2) is 14.9. The average Bonchev–Trinajstić information content (AvgIpc) is 3.91. The Morgan fingerprint density at radius 2 is 1.80 bits per heavy atom. The van der Waals surface area contributed by atoms with E-state index in [2.05, 4.69) is 25.5 Å². The molecule has 2 aromatic heterocycles. The van der Waals surface area contributed by atoms with Gasteiger partial charge in [-0.05, 0) is 79.6 Å². The number of aromatic nitrogens is 2. The fraction of sp³-hybridized carbons (Fsp3) is 0.421. The molecule has 4 aliphatic rings. The van der Waals surface area contributed by atoms with Gasteiger partial charge in [-0.2, -0.15) is 4.31 Å². The van der Waals surface area contributed by atoms with E-state index in [0.29, 0.717) is 73.6 Å². The number of nitrogens with one attached hydrogen (secondary N) is 3. The first kappa shape index (κ1) is 36.4. The van der Waals surface area contributed by atoms with Crippen molar-refractivity contribution in [2.24, 2.45) is 0 Å². The standard InChI is InChI=1S/C38H42ClFN8O5S/c39-36-29(22-42-37-35(36)28(21-41-37)24-5-6-24)25-3-1-4-27(19-25)48-17-16-47(23-34(48)50)54(52,53)18-2-11-45-12-14-46(15-13-45)32-9-7-26(20-30(32)40)43-31-8-10-33(49)44-38(31)51/h1,3-4,7,9,19-22,24,31,43H,2,5-6,8,10-18,23H2,(H,41,42)(H,44,49,51). The van der Waals surface area contributed by atoms with Gasteiger partial charge in [-0.25, -0.2) is 17.8 Å². The average molecular weight is 777 g/mol. The van der Waals surface area contributed by atoms with Crippen molar-refractivity contribution in [2.75, 3.05) is 73.2 Å². The van der Waals surface area contributed by atoms with Crippen LogP contribution in [0.15, 0.2) is 54.9 Å². The lowest BCUT2D eigenvalue weighted by Gasteiger charge is -2.36. The molecule has 2 aromatic carbocycles. The Bertz CT molecular complexity index is 2220. The number of pyridine rings is 1. The number of piperazine rings is 2. The maximum atomic E-state index is 15.1. The van der Waals surface area contributed by atoms with Crippen LogP contribution in [0.25, 0.3) is 22.2 Å². The fourth-order valence-electron chi connectivity index (χ4n) is 7.70. The Kier molecular flexibility index (Phi) is 10.1. The molecular formula is C38H42ClFN8O5S. The Morgan fingerprint density at radius 3 is 2.54 bits per heavy atom. The van der Waals surface area contributed by atoms with Gasteiger partial charge in [0, 0.05) is 80.4 Å². The van der Waals surface area contributed by atoms with Crippen molar-refractivity contribution in [2.45, 2.75) is 44.1 Å². The van der Waals surface area contributed by atoms with Crippen LogP contribution >= 0.6 is 11.6 Å². The highest BCUT2D eigenvalue weighted by molar-refractivity contribution is 7.89. The van der Waals surface area contributed by atoms with Gasteiger partial charge in [0.15, 0.2) is 0 Å². The highest BCUT2D eigenvalue weighted by atomic mass is 35.5. The molecule has 16 heteroatoms. The van der Waals surface area contributed by atoms with E-state index in [1.807, 2.05) is 35.4 Å².